The van der Waals surface area contributed by atoms with Crippen LogP contribution in [0.2, 0.25) is 0 Å². The molecule has 1 saturated heterocycles. The first kappa shape index (κ1) is 13.3. The Morgan fingerprint density at radius 3 is 2.78 bits per heavy atom. The van der Waals surface area contributed by atoms with Crippen molar-refractivity contribution in [1.29, 1.82) is 0 Å². The first-order valence-electron chi connectivity index (χ1n) is 7.09. The Kier molecular flexibility index (Phi) is 4.94. The molecule has 1 heterocycles. The molecule has 1 aliphatic heterocycles. The van der Waals surface area contributed by atoms with Crippen LogP contribution in [-0.4, -0.2) is 29.8 Å². The van der Waals surface area contributed by atoms with E-state index in [1.807, 2.05) is 30.3 Å². The van der Waals surface area contributed by atoms with Crippen LogP contribution in [0.1, 0.15) is 38.2 Å². The van der Waals surface area contributed by atoms with E-state index in [9.17, 15) is 4.79 Å². The summed E-state index contributed by atoms with van der Waals surface area (Å²) in [5, 5.41) is 0. The van der Waals surface area contributed by atoms with E-state index in [0.717, 1.165) is 12.1 Å². The van der Waals surface area contributed by atoms with E-state index in [4.69, 9.17) is 0 Å². The molecule has 1 aromatic carbocycles. The van der Waals surface area contributed by atoms with Crippen molar-refractivity contribution in [2.45, 2.75) is 45.1 Å². The van der Waals surface area contributed by atoms with Crippen LogP contribution < -0.4 is 0 Å². The molecule has 0 radical (unpaired) electrons. The summed E-state index contributed by atoms with van der Waals surface area (Å²) in [6.45, 7) is 3.96. The molecule has 1 unspecified atom stereocenters. The van der Waals surface area contributed by atoms with E-state index in [-0.39, 0.29) is 0 Å². The predicted octanol–water partition coefficient (Wildman–Crippen LogP) is 3.06. The second kappa shape index (κ2) is 6.69. The molecular formula is C16H23NO. The van der Waals surface area contributed by atoms with Crippen LogP contribution in [0.15, 0.2) is 30.3 Å². The average Bonchev–Trinajstić information content (AvgIpc) is 2.40. The van der Waals surface area contributed by atoms with Gasteiger partial charge in [-0.05, 0) is 31.4 Å². The minimum Gasteiger partial charge on any atom is -0.298 e. The van der Waals surface area contributed by atoms with Crippen molar-refractivity contribution in [2.24, 2.45) is 0 Å². The van der Waals surface area contributed by atoms with Crippen molar-refractivity contribution in [1.82, 2.24) is 4.90 Å². The second-order valence-electron chi connectivity index (χ2n) is 5.23. The van der Waals surface area contributed by atoms with Gasteiger partial charge in [0, 0.05) is 12.5 Å². The minimum absolute atomic E-state index is 0.349. The number of carbonyl (C=O) groups is 1. The van der Waals surface area contributed by atoms with Gasteiger partial charge >= 0.3 is 0 Å². The largest absolute Gasteiger partial charge is 0.298 e. The van der Waals surface area contributed by atoms with Crippen molar-refractivity contribution < 1.29 is 4.79 Å². The topological polar surface area (TPSA) is 20.3 Å². The van der Waals surface area contributed by atoms with Crippen LogP contribution in [0.3, 0.4) is 0 Å². The molecule has 18 heavy (non-hydrogen) atoms. The first-order chi connectivity index (χ1) is 8.79. The van der Waals surface area contributed by atoms with Gasteiger partial charge in [-0.1, -0.05) is 43.7 Å². The van der Waals surface area contributed by atoms with Gasteiger partial charge in [-0.2, -0.15) is 0 Å². The lowest BCUT2D eigenvalue weighted by Crippen LogP contribution is -2.42. The van der Waals surface area contributed by atoms with Crippen molar-refractivity contribution in [2.75, 3.05) is 13.1 Å². The number of rotatable bonds is 5. The number of hydrogen-bond donors (Lipinski definition) is 0. The Morgan fingerprint density at radius 1 is 1.28 bits per heavy atom. The Balaban J connectivity index is 1.86. The molecule has 0 amide bonds. The van der Waals surface area contributed by atoms with Gasteiger partial charge < -0.3 is 0 Å². The molecule has 0 bridgehead atoms. The maximum atomic E-state index is 12.1. The number of nitrogens with zero attached hydrogens (tertiary/aromatic N) is 1. The summed E-state index contributed by atoms with van der Waals surface area (Å²) in [6.07, 6.45) is 5.57. The van der Waals surface area contributed by atoms with Gasteiger partial charge in [-0.15, -0.1) is 0 Å². The molecule has 0 aliphatic carbocycles. The second-order valence-corrected chi connectivity index (χ2v) is 5.23. The Labute approximate surface area is 110 Å². The van der Waals surface area contributed by atoms with E-state index in [2.05, 4.69) is 11.8 Å². The average molecular weight is 245 g/mol. The molecule has 2 nitrogen and oxygen atoms in total. The highest BCUT2D eigenvalue weighted by Crippen LogP contribution is 2.19. The highest BCUT2D eigenvalue weighted by Gasteiger charge is 2.22. The lowest BCUT2D eigenvalue weighted by molar-refractivity contribution is -0.120. The first-order valence-corrected chi connectivity index (χ1v) is 7.09. The molecule has 0 aromatic heterocycles. The summed E-state index contributed by atoms with van der Waals surface area (Å²) in [5.74, 6) is 0.349. The van der Waals surface area contributed by atoms with Gasteiger partial charge in [-0.25, -0.2) is 0 Å². The quantitative estimate of drug-likeness (QED) is 0.794. The highest BCUT2D eigenvalue weighted by atomic mass is 16.1. The lowest BCUT2D eigenvalue weighted by atomic mass is 9.99. The molecule has 0 spiro atoms. The molecule has 2 heteroatoms. The number of Topliss-reactive ketones (excluding diaryl/α,β-unsaturated/α-hetero) is 1. The zero-order valence-corrected chi connectivity index (χ0v) is 11.3. The van der Waals surface area contributed by atoms with E-state index >= 15 is 0 Å². The Bertz CT molecular complexity index is 374. The highest BCUT2D eigenvalue weighted by molar-refractivity contribution is 5.82. The standard InChI is InChI=1S/C16H23NO/c1-2-15-10-6-7-11-17(15)13-16(18)12-14-8-4-3-5-9-14/h3-5,8-9,15H,2,6-7,10-13H2,1H3. The molecule has 1 aliphatic rings. The van der Waals surface area contributed by atoms with Crippen LogP contribution in [-0.2, 0) is 11.2 Å². The summed E-state index contributed by atoms with van der Waals surface area (Å²) in [7, 11) is 0. The lowest BCUT2D eigenvalue weighted by Gasteiger charge is -2.34. The van der Waals surface area contributed by atoms with Gasteiger partial charge in [0.25, 0.3) is 0 Å². The fourth-order valence-corrected chi connectivity index (χ4v) is 2.84. The van der Waals surface area contributed by atoms with E-state index in [1.54, 1.807) is 0 Å². The molecule has 0 N–H and O–H groups in total. The monoisotopic (exact) mass is 245 g/mol. The number of hydrogen-bond acceptors (Lipinski definition) is 2. The zero-order valence-electron chi connectivity index (χ0n) is 11.3. The summed E-state index contributed by atoms with van der Waals surface area (Å²) in [4.78, 5) is 14.5. The fourth-order valence-electron chi connectivity index (χ4n) is 2.84. The van der Waals surface area contributed by atoms with Crippen LogP contribution in [0, 0.1) is 0 Å². The van der Waals surface area contributed by atoms with Gasteiger partial charge in [0.2, 0.25) is 0 Å². The summed E-state index contributed by atoms with van der Waals surface area (Å²) >= 11 is 0. The third-order valence-electron chi connectivity index (χ3n) is 3.84. The van der Waals surface area contributed by atoms with E-state index in [0.29, 0.717) is 24.8 Å². The number of carbonyl (C=O) groups excluding carboxylic acids is 1. The smallest absolute Gasteiger partial charge is 0.151 e. The third-order valence-corrected chi connectivity index (χ3v) is 3.84. The molecule has 2 rings (SSSR count). The molecule has 1 fully saturated rings. The van der Waals surface area contributed by atoms with Crippen LogP contribution in [0.25, 0.3) is 0 Å². The molecule has 1 aromatic rings. The molecule has 98 valence electrons. The number of likely N-dealkylation sites (tertiary alicyclic amines) is 1. The summed E-state index contributed by atoms with van der Waals surface area (Å²) in [6, 6.07) is 10.7. The van der Waals surface area contributed by atoms with E-state index in [1.165, 1.54) is 25.7 Å². The van der Waals surface area contributed by atoms with Gasteiger partial charge in [-0.3, -0.25) is 9.69 Å². The van der Waals surface area contributed by atoms with Crippen molar-refractivity contribution in [3.05, 3.63) is 35.9 Å². The Hall–Kier alpha value is -1.15. The van der Waals surface area contributed by atoms with Crippen LogP contribution >= 0.6 is 0 Å². The van der Waals surface area contributed by atoms with Gasteiger partial charge in [0.1, 0.15) is 0 Å². The van der Waals surface area contributed by atoms with Crippen molar-refractivity contribution in [3.8, 4) is 0 Å². The summed E-state index contributed by atoms with van der Waals surface area (Å²) < 4.78 is 0. The normalized spacial score (nSPS) is 20.8. The Morgan fingerprint density at radius 2 is 2.06 bits per heavy atom. The maximum Gasteiger partial charge on any atom is 0.151 e. The van der Waals surface area contributed by atoms with E-state index < -0.39 is 0 Å². The van der Waals surface area contributed by atoms with Gasteiger partial charge in [0.05, 0.1) is 6.54 Å². The minimum atomic E-state index is 0.349. The molecular weight excluding hydrogens is 222 g/mol. The van der Waals surface area contributed by atoms with Crippen LogP contribution in [0.4, 0.5) is 0 Å². The van der Waals surface area contributed by atoms with Crippen molar-refractivity contribution in [3.63, 3.8) is 0 Å². The predicted molar refractivity (Wildman–Crippen MR) is 74.7 cm³/mol. The number of ketones is 1. The number of piperidine rings is 1. The van der Waals surface area contributed by atoms with Crippen molar-refractivity contribution >= 4 is 5.78 Å². The third kappa shape index (κ3) is 3.67. The maximum absolute atomic E-state index is 12.1. The molecule has 1 atom stereocenters. The number of benzene rings is 1. The fraction of sp³-hybridized carbons (Fsp3) is 0.562. The summed E-state index contributed by atoms with van der Waals surface area (Å²) in [5.41, 5.74) is 1.13. The molecule has 0 saturated carbocycles. The SMILES string of the molecule is CCC1CCCCN1CC(=O)Cc1ccccc1. The zero-order chi connectivity index (χ0) is 12.8. The van der Waals surface area contributed by atoms with Crippen LogP contribution in [0.5, 0.6) is 0 Å². The van der Waals surface area contributed by atoms with Gasteiger partial charge in [0.15, 0.2) is 5.78 Å².